The van der Waals surface area contributed by atoms with Crippen LogP contribution in [0.1, 0.15) is 11.1 Å². The van der Waals surface area contributed by atoms with Gasteiger partial charge in [-0.2, -0.15) is 5.26 Å². The molecule has 2 N–H and O–H groups in total. The molecule has 5 heteroatoms. The Bertz CT molecular complexity index is 619. The van der Waals surface area contributed by atoms with E-state index in [-0.39, 0.29) is 6.61 Å². The molecule has 21 heavy (non-hydrogen) atoms. The van der Waals surface area contributed by atoms with E-state index < -0.39 is 0 Å². The Morgan fingerprint density at radius 1 is 1.33 bits per heavy atom. The van der Waals surface area contributed by atoms with Crippen molar-refractivity contribution in [2.24, 2.45) is 0 Å². The first-order valence-electron chi connectivity index (χ1n) is 6.74. The predicted molar refractivity (Wildman–Crippen MR) is 83.1 cm³/mol. The van der Waals surface area contributed by atoms with Crippen molar-refractivity contribution >= 4 is 11.5 Å². The second-order valence-electron chi connectivity index (χ2n) is 4.71. The summed E-state index contributed by atoms with van der Waals surface area (Å²) in [6.07, 6.45) is 1.77. The number of anilines is 2. The number of likely N-dealkylation sites (N-methyl/N-ethyl adjacent to an activating group) is 1. The third kappa shape index (κ3) is 4.20. The highest BCUT2D eigenvalue weighted by atomic mass is 16.3. The van der Waals surface area contributed by atoms with Crippen LogP contribution in [-0.2, 0) is 6.54 Å². The standard InChI is InChI=1S/C16H18N4O/c1-20(7-8-21)15-5-6-16(19-12-15)18-11-14-4-2-3-13(9-14)10-17/h2-6,9,12,21H,7-8,11H2,1H3,(H,18,19). The van der Waals surface area contributed by atoms with Gasteiger partial charge in [-0.15, -0.1) is 0 Å². The molecule has 0 spiro atoms. The lowest BCUT2D eigenvalue weighted by molar-refractivity contribution is 0.304. The molecule has 1 aromatic heterocycles. The van der Waals surface area contributed by atoms with E-state index in [0.29, 0.717) is 18.7 Å². The van der Waals surface area contributed by atoms with Crippen LogP contribution in [0.25, 0.3) is 0 Å². The maximum absolute atomic E-state index is 8.91. The molecule has 0 aliphatic heterocycles. The fourth-order valence-electron chi connectivity index (χ4n) is 1.94. The number of rotatable bonds is 6. The third-order valence-corrected chi connectivity index (χ3v) is 3.15. The quantitative estimate of drug-likeness (QED) is 0.847. The van der Waals surface area contributed by atoms with E-state index in [1.165, 1.54) is 0 Å². The normalized spacial score (nSPS) is 9.95. The number of aliphatic hydroxyl groups is 1. The molecule has 0 aliphatic rings. The van der Waals surface area contributed by atoms with Crippen LogP contribution in [0.15, 0.2) is 42.6 Å². The number of nitrogens with one attached hydrogen (secondary N) is 1. The summed E-state index contributed by atoms with van der Waals surface area (Å²) in [5, 5.41) is 21.0. The lowest BCUT2D eigenvalue weighted by Crippen LogP contribution is -2.21. The minimum Gasteiger partial charge on any atom is -0.395 e. The van der Waals surface area contributed by atoms with Crippen molar-refractivity contribution in [2.75, 3.05) is 30.4 Å². The van der Waals surface area contributed by atoms with Gasteiger partial charge >= 0.3 is 0 Å². The number of pyridine rings is 1. The Morgan fingerprint density at radius 2 is 2.19 bits per heavy atom. The molecule has 5 nitrogen and oxygen atoms in total. The van der Waals surface area contributed by atoms with E-state index in [2.05, 4.69) is 16.4 Å². The van der Waals surface area contributed by atoms with Gasteiger partial charge in [-0.1, -0.05) is 12.1 Å². The zero-order chi connectivity index (χ0) is 15.1. The largest absolute Gasteiger partial charge is 0.395 e. The van der Waals surface area contributed by atoms with E-state index in [1.807, 2.05) is 42.3 Å². The van der Waals surface area contributed by atoms with Crippen LogP contribution in [0.2, 0.25) is 0 Å². The van der Waals surface area contributed by atoms with Crippen LogP contribution < -0.4 is 10.2 Å². The van der Waals surface area contributed by atoms with E-state index in [1.54, 1.807) is 12.3 Å². The number of hydrogen-bond acceptors (Lipinski definition) is 5. The molecule has 1 heterocycles. The summed E-state index contributed by atoms with van der Waals surface area (Å²) in [6.45, 7) is 1.31. The Balaban J connectivity index is 1.96. The summed E-state index contributed by atoms with van der Waals surface area (Å²) < 4.78 is 0. The minimum absolute atomic E-state index is 0.117. The van der Waals surface area contributed by atoms with Crippen LogP contribution in [0.3, 0.4) is 0 Å². The maximum atomic E-state index is 8.91. The van der Waals surface area contributed by atoms with Crippen molar-refractivity contribution in [3.63, 3.8) is 0 Å². The predicted octanol–water partition coefficient (Wildman–Crippen LogP) is 1.99. The average molecular weight is 282 g/mol. The number of hydrogen-bond donors (Lipinski definition) is 2. The summed E-state index contributed by atoms with van der Waals surface area (Å²) in [4.78, 5) is 6.28. The summed E-state index contributed by atoms with van der Waals surface area (Å²) in [5.74, 6) is 0.776. The number of aromatic nitrogens is 1. The molecule has 0 saturated carbocycles. The number of nitrogens with zero attached hydrogens (tertiary/aromatic N) is 3. The molecule has 0 bridgehead atoms. The van der Waals surface area contributed by atoms with Crippen molar-refractivity contribution in [1.82, 2.24) is 4.98 Å². The smallest absolute Gasteiger partial charge is 0.126 e. The van der Waals surface area contributed by atoms with Crippen LogP contribution in [0.5, 0.6) is 0 Å². The van der Waals surface area contributed by atoms with Gasteiger partial charge in [-0.05, 0) is 29.8 Å². The van der Waals surface area contributed by atoms with E-state index >= 15 is 0 Å². The second kappa shape index (κ2) is 7.27. The summed E-state index contributed by atoms with van der Waals surface area (Å²) in [5.41, 5.74) is 2.65. The minimum atomic E-state index is 0.117. The number of benzene rings is 1. The molecule has 0 aliphatic carbocycles. The fraction of sp³-hybridized carbons (Fsp3) is 0.250. The van der Waals surface area contributed by atoms with Crippen molar-refractivity contribution in [3.05, 3.63) is 53.7 Å². The van der Waals surface area contributed by atoms with Crippen molar-refractivity contribution < 1.29 is 5.11 Å². The first-order valence-corrected chi connectivity index (χ1v) is 6.74. The lowest BCUT2D eigenvalue weighted by Gasteiger charge is -2.17. The Labute approximate surface area is 124 Å². The molecular weight excluding hydrogens is 264 g/mol. The molecule has 0 atom stereocenters. The highest BCUT2D eigenvalue weighted by Gasteiger charge is 2.01. The van der Waals surface area contributed by atoms with Gasteiger partial charge in [0.05, 0.1) is 30.1 Å². The molecule has 0 saturated heterocycles. The van der Waals surface area contributed by atoms with Crippen LogP contribution in [-0.4, -0.2) is 30.3 Å². The third-order valence-electron chi connectivity index (χ3n) is 3.15. The van der Waals surface area contributed by atoms with E-state index in [9.17, 15) is 0 Å². The lowest BCUT2D eigenvalue weighted by atomic mass is 10.1. The molecular formula is C16H18N4O. The first-order chi connectivity index (χ1) is 10.2. The molecule has 0 radical (unpaired) electrons. The molecule has 0 fully saturated rings. The van der Waals surface area contributed by atoms with Gasteiger partial charge in [0.15, 0.2) is 0 Å². The molecule has 2 aromatic rings. The van der Waals surface area contributed by atoms with Crippen LogP contribution >= 0.6 is 0 Å². The van der Waals surface area contributed by atoms with Gasteiger partial charge in [0.2, 0.25) is 0 Å². The van der Waals surface area contributed by atoms with Crippen LogP contribution in [0.4, 0.5) is 11.5 Å². The van der Waals surface area contributed by atoms with Gasteiger partial charge in [-0.3, -0.25) is 0 Å². The van der Waals surface area contributed by atoms with Gasteiger partial charge in [0, 0.05) is 20.1 Å². The highest BCUT2D eigenvalue weighted by molar-refractivity contribution is 5.49. The van der Waals surface area contributed by atoms with E-state index in [0.717, 1.165) is 17.1 Å². The maximum Gasteiger partial charge on any atom is 0.126 e. The van der Waals surface area contributed by atoms with Gasteiger partial charge in [0.1, 0.15) is 5.82 Å². The van der Waals surface area contributed by atoms with Crippen molar-refractivity contribution in [3.8, 4) is 6.07 Å². The summed E-state index contributed by atoms with van der Waals surface area (Å²) >= 11 is 0. The molecule has 0 amide bonds. The topological polar surface area (TPSA) is 72.2 Å². The monoisotopic (exact) mass is 282 g/mol. The highest BCUT2D eigenvalue weighted by Crippen LogP contribution is 2.14. The molecule has 0 unspecified atom stereocenters. The van der Waals surface area contributed by atoms with Crippen molar-refractivity contribution in [1.29, 1.82) is 5.26 Å². The fourth-order valence-corrected chi connectivity index (χ4v) is 1.94. The Morgan fingerprint density at radius 3 is 2.86 bits per heavy atom. The van der Waals surface area contributed by atoms with Crippen molar-refractivity contribution in [2.45, 2.75) is 6.54 Å². The number of nitriles is 1. The summed E-state index contributed by atoms with van der Waals surface area (Å²) in [7, 11) is 1.91. The zero-order valence-corrected chi connectivity index (χ0v) is 12.0. The average Bonchev–Trinajstić information content (AvgIpc) is 2.54. The number of aliphatic hydroxyl groups excluding tert-OH is 1. The van der Waals surface area contributed by atoms with E-state index in [4.69, 9.17) is 10.4 Å². The van der Waals surface area contributed by atoms with Gasteiger partial charge in [0.25, 0.3) is 0 Å². The van der Waals surface area contributed by atoms with Crippen LogP contribution in [0, 0.1) is 11.3 Å². The first kappa shape index (κ1) is 14.8. The second-order valence-corrected chi connectivity index (χ2v) is 4.71. The molecule has 1 aromatic carbocycles. The Kier molecular flexibility index (Phi) is 5.13. The molecule has 2 rings (SSSR count). The molecule has 108 valence electrons. The Hall–Kier alpha value is -2.58. The summed E-state index contributed by atoms with van der Waals surface area (Å²) in [6, 6.07) is 13.5. The SMILES string of the molecule is CN(CCO)c1ccc(NCc2cccc(C#N)c2)nc1. The van der Waals surface area contributed by atoms with Gasteiger partial charge in [-0.25, -0.2) is 4.98 Å². The van der Waals surface area contributed by atoms with Gasteiger partial charge < -0.3 is 15.3 Å². The zero-order valence-electron chi connectivity index (χ0n) is 12.0.